The minimum Gasteiger partial charge on any atom is -0.481 e. The number of rotatable bonds is 3. The van der Waals surface area contributed by atoms with Gasteiger partial charge in [-0.1, -0.05) is 6.07 Å². The number of carboxylic acids is 1. The van der Waals surface area contributed by atoms with Crippen molar-refractivity contribution in [2.45, 2.75) is 19.3 Å². The number of hydrogen-bond donors (Lipinski definition) is 1. The molecule has 0 unspecified atom stereocenters. The maximum absolute atomic E-state index is 13.5. The van der Waals surface area contributed by atoms with Gasteiger partial charge in [-0.3, -0.25) is 9.59 Å². The Hall–Kier alpha value is -1.98. The van der Waals surface area contributed by atoms with Crippen molar-refractivity contribution in [1.82, 2.24) is 4.90 Å². The summed E-state index contributed by atoms with van der Waals surface area (Å²) in [7, 11) is 0. The van der Waals surface area contributed by atoms with Crippen molar-refractivity contribution in [3.05, 3.63) is 35.4 Å². The molecule has 1 heterocycles. The number of benzene rings is 1. The molecule has 1 atom stereocenters. The molecule has 0 spiro atoms. The van der Waals surface area contributed by atoms with Crippen LogP contribution in [0.5, 0.6) is 0 Å². The van der Waals surface area contributed by atoms with E-state index in [-0.39, 0.29) is 18.5 Å². The predicted molar refractivity (Wildman–Crippen MR) is 67.0 cm³/mol. The van der Waals surface area contributed by atoms with Crippen molar-refractivity contribution >= 4 is 11.9 Å². The molecule has 1 N–H and O–H groups in total. The lowest BCUT2D eigenvalue weighted by molar-refractivity contribution is -0.145. The van der Waals surface area contributed by atoms with Crippen LogP contribution >= 0.6 is 0 Å². The third kappa shape index (κ3) is 3.12. The molecule has 2 rings (SSSR count). The van der Waals surface area contributed by atoms with Gasteiger partial charge in [-0.05, 0) is 25.0 Å². The van der Waals surface area contributed by atoms with Crippen LogP contribution in [0, 0.1) is 17.6 Å². The molecule has 1 aromatic rings. The van der Waals surface area contributed by atoms with Crippen molar-refractivity contribution in [1.29, 1.82) is 0 Å². The summed E-state index contributed by atoms with van der Waals surface area (Å²) in [6.07, 6.45) is 0.723. The summed E-state index contributed by atoms with van der Waals surface area (Å²) in [6.45, 7) is 0.531. The Morgan fingerprint density at radius 1 is 1.30 bits per heavy atom. The summed E-state index contributed by atoms with van der Waals surface area (Å²) < 4.78 is 27.0. The minimum absolute atomic E-state index is 0.101. The molecule has 0 aliphatic carbocycles. The third-order valence-corrected chi connectivity index (χ3v) is 3.51. The molecule has 1 fully saturated rings. The van der Waals surface area contributed by atoms with Gasteiger partial charge in [0.25, 0.3) is 0 Å². The molecule has 1 aliphatic heterocycles. The highest BCUT2D eigenvalue weighted by molar-refractivity contribution is 5.80. The van der Waals surface area contributed by atoms with Gasteiger partial charge in [0, 0.05) is 18.7 Å². The third-order valence-electron chi connectivity index (χ3n) is 3.51. The van der Waals surface area contributed by atoms with Crippen LogP contribution in [0.25, 0.3) is 0 Å². The number of amides is 1. The maximum atomic E-state index is 13.5. The van der Waals surface area contributed by atoms with E-state index in [0.29, 0.717) is 19.4 Å². The van der Waals surface area contributed by atoms with Gasteiger partial charge in [0.15, 0.2) is 0 Å². The van der Waals surface area contributed by atoms with Crippen LogP contribution in [0.3, 0.4) is 0 Å². The van der Waals surface area contributed by atoms with E-state index in [1.807, 2.05) is 0 Å². The van der Waals surface area contributed by atoms with Crippen LogP contribution in [0.4, 0.5) is 8.78 Å². The Balaban J connectivity index is 2.06. The first-order chi connectivity index (χ1) is 9.49. The van der Waals surface area contributed by atoms with Crippen LogP contribution in [-0.4, -0.2) is 35.0 Å². The fraction of sp³-hybridized carbons (Fsp3) is 0.429. The van der Waals surface area contributed by atoms with Crippen LogP contribution < -0.4 is 0 Å². The second-order valence-electron chi connectivity index (χ2n) is 4.89. The van der Waals surface area contributed by atoms with E-state index in [9.17, 15) is 18.4 Å². The number of likely N-dealkylation sites (tertiary alicyclic amines) is 1. The molecule has 1 aromatic carbocycles. The predicted octanol–water partition coefficient (Wildman–Crippen LogP) is 1.83. The molecule has 6 heteroatoms. The van der Waals surface area contributed by atoms with Crippen molar-refractivity contribution in [2.24, 2.45) is 5.92 Å². The Labute approximate surface area is 115 Å². The molecule has 0 aromatic heterocycles. The molecule has 0 saturated carbocycles. The first-order valence-corrected chi connectivity index (χ1v) is 6.42. The molecule has 1 aliphatic rings. The van der Waals surface area contributed by atoms with E-state index in [1.54, 1.807) is 0 Å². The van der Waals surface area contributed by atoms with Gasteiger partial charge >= 0.3 is 5.97 Å². The molecular weight excluding hydrogens is 268 g/mol. The number of hydrogen-bond acceptors (Lipinski definition) is 2. The molecule has 1 saturated heterocycles. The zero-order valence-corrected chi connectivity index (χ0v) is 10.8. The SMILES string of the molecule is O=C(O)[C@H]1CCCN(C(=O)Cc2c(F)cccc2F)C1. The Morgan fingerprint density at radius 2 is 1.95 bits per heavy atom. The maximum Gasteiger partial charge on any atom is 0.308 e. The van der Waals surface area contributed by atoms with Crippen LogP contribution in [0.2, 0.25) is 0 Å². The normalized spacial score (nSPS) is 18.9. The lowest BCUT2D eigenvalue weighted by Gasteiger charge is -2.30. The molecule has 108 valence electrons. The summed E-state index contributed by atoms with van der Waals surface area (Å²) in [5.74, 6) is -3.51. The molecule has 4 nitrogen and oxygen atoms in total. The summed E-state index contributed by atoms with van der Waals surface area (Å²) in [5, 5.41) is 8.96. The van der Waals surface area contributed by atoms with E-state index < -0.39 is 29.4 Å². The average Bonchev–Trinajstić information content (AvgIpc) is 2.43. The van der Waals surface area contributed by atoms with Crippen LogP contribution in [-0.2, 0) is 16.0 Å². The van der Waals surface area contributed by atoms with Crippen molar-refractivity contribution in [3.8, 4) is 0 Å². The summed E-state index contributed by atoms with van der Waals surface area (Å²) >= 11 is 0. The fourth-order valence-corrected chi connectivity index (χ4v) is 2.37. The minimum atomic E-state index is -0.945. The highest BCUT2D eigenvalue weighted by Gasteiger charge is 2.28. The van der Waals surface area contributed by atoms with Crippen molar-refractivity contribution < 1.29 is 23.5 Å². The van der Waals surface area contributed by atoms with Crippen molar-refractivity contribution in [2.75, 3.05) is 13.1 Å². The van der Waals surface area contributed by atoms with Crippen LogP contribution in [0.15, 0.2) is 18.2 Å². The lowest BCUT2D eigenvalue weighted by Crippen LogP contribution is -2.43. The summed E-state index contributed by atoms with van der Waals surface area (Å²) in [5.41, 5.74) is -0.269. The number of carboxylic acid groups (broad SMARTS) is 1. The molecule has 0 radical (unpaired) electrons. The Kier molecular flexibility index (Phi) is 4.32. The van der Waals surface area contributed by atoms with E-state index >= 15 is 0 Å². The first-order valence-electron chi connectivity index (χ1n) is 6.42. The monoisotopic (exact) mass is 283 g/mol. The smallest absolute Gasteiger partial charge is 0.308 e. The van der Waals surface area contributed by atoms with Gasteiger partial charge in [-0.2, -0.15) is 0 Å². The van der Waals surface area contributed by atoms with Gasteiger partial charge in [-0.25, -0.2) is 8.78 Å². The zero-order valence-electron chi connectivity index (χ0n) is 10.8. The standard InChI is InChI=1S/C14H15F2NO3/c15-11-4-1-5-12(16)10(11)7-13(18)17-6-2-3-9(8-17)14(19)20/h1,4-5,9H,2-3,6-8H2,(H,19,20)/t9-/m0/s1. The summed E-state index contributed by atoms with van der Waals surface area (Å²) in [4.78, 5) is 24.3. The number of piperidine rings is 1. The number of carbonyl (C=O) groups excluding carboxylic acids is 1. The zero-order chi connectivity index (χ0) is 14.7. The molecule has 0 bridgehead atoms. The number of aliphatic carboxylic acids is 1. The topological polar surface area (TPSA) is 57.6 Å². The quantitative estimate of drug-likeness (QED) is 0.920. The molecular formula is C14H15F2NO3. The van der Waals surface area contributed by atoms with Gasteiger partial charge in [0.2, 0.25) is 5.91 Å². The van der Waals surface area contributed by atoms with Crippen LogP contribution in [0.1, 0.15) is 18.4 Å². The van der Waals surface area contributed by atoms with E-state index in [0.717, 1.165) is 12.1 Å². The van der Waals surface area contributed by atoms with E-state index in [1.165, 1.54) is 11.0 Å². The molecule has 1 amide bonds. The second kappa shape index (κ2) is 5.98. The Morgan fingerprint density at radius 3 is 2.55 bits per heavy atom. The largest absolute Gasteiger partial charge is 0.481 e. The molecule has 20 heavy (non-hydrogen) atoms. The summed E-state index contributed by atoms with van der Waals surface area (Å²) in [6, 6.07) is 3.43. The Bertz CT molecular complexity index is 513. The highest BCUT2D eigenvalue weighted by atomic mass is 19.1. The van der Waals surface area contributed by atoms with E-state index in [4.69, 9.17) is 5.11 Å². The van der Waals surface area contributed by atoms with E-state index in [2.05, 4.69) is 0 Å². The first kappa shape index (κ1) is 14.4. The number of nitrogens with zero attached hydrogens (tertiary/aromatic N) is 1. The van der Waals surface area contributed by atoms with Gasteiger partial charge < -0.3 is 10.0 Å². The number of carbonyl (C=O) groups is 2. The van der Waals surface area contributed by atoms with Crippen molar-refractivity contribution in [3.63, 3.8) is 0 Å². The fourth-order valence-electron chi connectivity index (χ4n) is 2.37. The number of halogens is 2. The second-order valence-corrected chi connectivity index (χ2v) is 4.89. The van der Waals surface area contributed by atoms with Gasteiger partial charge in [0.1, 0.15) is 11.6 Å². The highest BCUT2D eigenvalue weighted by Crippen LogP contribution is 2.19. The van der Waals surface area contributed by atoms with Gasteiger partial charge in [0.05, 0.1) is 12.3 Å². The average molecular weight is 283 g/mol. The lowest BCUT2D eigenvalue weighted by atomic mass is 9.97. The van der Waals surface area contributed by atoms with Gasteiger partial charge in [-0.15, -0.1) is 0 Å².